The average Bonchev–Trinajstić information content (AvgIpc) is 2.49. The van der Waals surface area contributed by atoms with E-state index < -0.39 is 0 Å². The van der Waals surface area contributed by atoms with Gasteiger partial charge in [0, 0.05) is 25.0 Å². The van der Waals surface area contributed by atoms with Crippen LogP contribution >= 0.6 is 11.6 Å². The molecule has 0 saturated carbocycles. The maximum atomic E-state index is 13.0. The van der Waals surface area contributed by atoms with E-state index >= 15 is 0 Å². The lowest BCUT2D eigenvalue weighted by Gasteiger charge is -2.12. The number of nitrogens with one attached hydrogen (secondary N) is 2. The van der Waals surface area contributed by atoms with Gasteiger partial charge in [-0.15, -0.1) is 0 Å². The van der Waals surface area contributed by atoms with Gasteiger partial charge in [0.2, 0.25) is 5.91 Å². The summed E-state index contributed by atoms with van der Waals surface area (Å²) < 4.78 is 18.2. The minimum atomic E-state index is -0.353. The summed E-state index contributed by atoms with van der Waals surface area (Å²) in [5.41, 5.74) is 2.43. The third-order valence-corrected chi connectivity index (χ3v) is 3.59. The topological polar surface area (TPSA) is 50.4 Å². The lowest BCUT2D eigenvalue weighted by Crippen LogP contribution is -2.14. The minimum absolute atomic E-state index is 0.161. The number of rotatable bonds is 6. The first-order valence-corrected chi connectivity index (χ1v) is 7.46. The molecule has 4 nitrogen and oxygen atoms in total. The molecule has 0 fully saturated rings. The lowest BCUT2D eigenvalue weighted by atomic mass is 10.1. The summed E-state index contributed by atoms with van der Waals surface area (Å²) >= 11 is 5.99. The SMILES string of the molecule is COc1ccc(CNCc2ccc(F)cc2Cl)cc1NC(C)=O. The lowest BCUT2D eigenvalue weighted by molar-refractivity contribution is -0.114. The number of methoxy groups -OCH3 is 1. The van der Waals surface area contributed by atoms with Gasteiger partial charge in [0.15, 0.2) is 0 Å². The highest BCUT2D eigenvalue weighted by atomic mass is 35.5. The fourth-order valence-corrected chi connectivity index (χ4v) is 2.39. The standard InChI is InChI=1S/C17H18ClFN2O2/c1-11(22)21-16-7-12(3-6-17(16)23-2)9-20-10-13-4-5-14(19)8-15(13)18/h3-8,20H,9-10H2,1-2H3,(H,21,22). The maximum absolute atomic E-state index is 13.0. The highest BCUT2D eigenvalue weighted by Crippen LogP contribution is 2.25. The fourth-order valence-electron chi connectivity index (χ4n) is 2.16. The molecule has 0 aliphatic carbocycles. The van der Waals surface area contributed by atoms with Gasteiger partial charge in [-0.25, -0.2) is 4.39 Å². The summed E-state index contributed by atoms with van der Waals surface area (Å²) in [6.45, 7) is 2.53. The molecule has 0 aliphatic rings. The van der Waals surface area contributed by atoms with Crippen LogP contribution in [0.5, 0.6) is 5.75 Å². The Kier molecular flexibility index (Phi) is 5.96. The van der Waals surface area contributed by atoms with Crippen molar-refractivity contribution in [2.45, 2.75) is 20.0 Å². The Morgan fingerprint density at radius 3 is 2.65 bits per heavy atom. The molecular weight excluding hydrogens is 319 g/mol. The molecule has 0 unspecified atom stereocenters. The highest BCUT2D eigenvalue weighted by Gasteiger charge is 2.07. The number of hydrogen-bond acceptors (Lipinski definition) is 3. The van der Waals surface area contributed by atoms with Crippen molar-refractivity contribution in [1.29, 1.82) is 0 Å². The molecule has 2 aromatic rings. The van der Waals surface area contributed by atoms with E-state index in [-0.39, 0.29) is 11.7 Å². The molecule has 0 aliphatic heterocycles. The number of benzene rings is 2. The zero-order valence-corrected chi connectivity index (χ0v) is 13.7. The zero-order chi connectivity index (χ0) is 16.8. The van der Waals surface area contributed by atoms with Crippen molar-refractivity contribution in [2.24, 2.45) is 0 Å². The van der Waals surface area contributed by atoms with Gasteiger partial charge in [-0.05, 0) is 35.4 Å². The number of carbonyl (C=O) groups is 1. The van der Waals surface area contributed by atoms with Crippen molar-refractivity contribution in [1.82, 2.24) is 5.32 Å². The summed E-state index contributed by atoms with van der Waals surface area (Å²) in [7, 11) is 1.55. The Balaban J connectivity index is 2.01. The molecule has 2 rings (SSSR count). The van der Waals surface area contributed by atoms with Crippen molar-refractivity contribution in [3.05, 3.63) is 58.4 Å². The minimum Gasteiger partial charge on any atom is -0.495 e. The predicted octanol–water partition coefficient (Wildman–Crippen LogP) is 3.74. The van der Waals surface area contributed by atoms with Crippen LogP contribution < -0.4 is 15.4 Å². The summed E-state index contributed by atoms with van der Waals surface area (Å²) in [4.78, 5) is 11.2. The van der Waals surface area contributed by atoms with Crippen molar-refractivity contribution in [3.8, 4) is 5.75 Å². The molecule has 0 atom stereocenters. The van der Waals surface area contributed by atoms with Crippen molar-refractivity contribution in [2.75, 3.05) is 12.4 Å². The van der Waals surface area contributed by atoms with E-state index in [1.807, 2.05) is 12.1 Å². The molecule has 1 amide bonds. The molecule has 0 heterocycles. The van der Waals surface area contributed by atoms with Crippen molar-refractivity contribution >= 4 is 23.2 Å². The van der Waals surface area contributed by atoms with Gasteiger partial charge < -0.3 is 15.4 Å². The number of carbonyl (C=O) groups excluding carboxylic acids is 1. The molecule has 0 radical (unpaired) electrons. The van der Waals surface area contributed by atoms with Gasteiger partial charge in [0.05, 0.1) is 12.8 Å². The molecule has 6 heteroatoms. The van der Waals surface area contributed by atoms with Crippen LogP contribution in [-0.4, -0.2) is 13.0 Å². The van der Waals surface area contributed by atoms with Gasteiger partial charge in [-0.1, -0.05) is 23.7 Å². The molecule has 0 saturated heterocycles. The van der Waals surface area contributed by atoms with Crippen LogP contribution in [0.4, 0.5) is 10.1 Å². The average molecular weight is 337 g/mol. The van der Waals surface area contributed by atoms with Gasteiger partial charge in [0.1, 0.15) is 11.6 Å². The van der Waals surface area contributed by atoms with E-state index in [0.29, 0.717) is 29.5 Å². The van der Waals surface area contributed by atoms with Crippen LogP contribution in [0, 0.1) is 5.82 Å². The Morgan fingerprint density at radius 1 is 1.22 bits per heavy atom. The second-order valence-electron chi connectivity index (χ2n) is 5.06. The summed E-state index contributed by atoms with van der Waals surface area (Å²) in [6.07, 6.45) is 0. The van der Waals surface area contributed by atoms with E-state index in [2.05, 4.69) is 10.6 Å². The first-order valence-electron chi connectivity index (χ1n) is 7.08. The zero-order valence-electron chi connectivity index (χ0n) is 13.0. The largest absolute Gasteiger partial charge is 0.495 e. The summed E-state index contributed by atoms with van der Waals surface area (Å²) in [5, 5.41) is 6.36. The molecule has 122 valence electrons. The normalized spacial score (nSPS) is 10.4. The highest BCUT2D eigenvalue weighted by molar-refractivity contribution is 6.31. The third-order valence-electron chi connectivity index (χ3n) is 3.23. The number of amides is 1. The van der Waals surface area contributed by atoms with Crippen LogP contribution in [0.15, 0.2) is 36.4 Å². The molecule has 0 bridgehead atoms. The van der Waals surface area contributed by atoms with Crippen LogP contribution in [-0.2, 0) is 17.9 Å². The first-order chi connectivity index (χ1) is 11.0. The molecular formula is C17H18ClFN2O2. The number of hydrogen-bond donors (Lipinski definition) is 2. The van der Waals surface area contributed by atoms with E-state index in [1.165, 1.54) is 19.1 Å². The van der Waals surface area contributed by atoms with Gasteiger partial charge in [-0.2, -0.15) is 0 Å². The fraction of sp³-hybridized carbons (Fsp3) is 0.235. The van der Waals surface area contributed by atoms with Crippen LogP contribution in [0.2, 0.25) is 5.02 Å². The van der Waals surface area contributed by atoms with Gasteiger partial charge >= 0.3 is 0 Å². The molecule has 2 N–H and O–H groups in total. The molecule has 23 heavy (non-hydrogen) atoms. The first kappa shape index (κ1) is 17.2. The van der Waals surface area contributed by atoms with Crippen molar-refractivity contribution in [3.63, 3.8) is 0 Å². The number of anilines is 1. The van der Waals surface area contributed by atoms with Crippen LogP contribution in [0.25, 0.3) is 0 Å². The van der Waals surface area contributed by atoms with Gasteiger partial charge in [0.25, 0.3) is 0 Å². The predicted molar refractivity (Wildman–Crippen MR) is 89.3 cm³/mol. The van der Waals surface area contributed by atoms with E-state index in [9.17, 15) is 9.18 Å². The Morgan fingerprint density at radius 2 is 2.00 bits per heavy atom. The van der Waals surface area contributed by atoms with E-state index in [0.717, 1.165) is 11.1 Å². The van der Waals surface area contributed by atoms with Crippen LogP contribution in [0.1, 0.15) is 18.1 Å². The van der Waals surface area contributed by atoms with E-state index in [4.69, 9.17) is 16.3 Å². The monoisotopic (exact) mass is 336 g/mol. The maximum Gasteiger partial charge on any atom is 0.221 e. The molecule has 0 aromatic heterocycles. The Hall–Kier alpha value is -2.11. The summed E-state index contributed by atoms with van der Waals surface area (Å²) in [5.74, 6) is 0.0888. The van der Waals surface area contributed by atoms with Crippen LogP contribution in [0.3, 0.4) is 0 Å². The second kappa shape index (κ2) is 7.94. The quantitative estimate of drug-likeness (QED) is 0.845. The van der Waals surface area contributed by atoms with Gasteiger partial charge in [-0.3, -0.25) is 4.79 Å². The third kappa shape index (κ3) is 4.94. The summed E-state index contributed by atoms with van der Waals surface area (Å²) in [6, 6.07) is 9.88. The number of ether oxygens (including phenoxy) is 1. The van der Waals surface area contributed by atoms with Crippen molar-refractivity contribution < 1.29 is 13.9 Å². The molecule has 2 aromatic carbocycles. The smallest absolute Gasteiger partial charge is 0.221 e. The number of halogens is 2. The Bertz CT molecular complexity index is 707. The van der Waals surface area contributed by atoms with E-state index in [1.54, 1.807) is 19.2 Å². The Labute approximate surface area is 139 Å². The molecule has 0 spiro atoms. The second-order valence-corrected chi connectivity index (χ2v) is 5.46.